The molecule has 736 valence electrons. The van der Waals surface area contributed by atoms with Crippen molar-refractivity contribution < 1.29 is 57.1 Å². The minimum absolute atomic E-state index is 0. The Hall–Kier alpha value is -10.5. The fourth-order valence-electron chi connectivity index (χ4n) is 15.9. The van der Waals surface area contributed by atoms with E-state index in [0.29, 0.717) is 31.2 Å². The standard InChI is InChI=1S/C17H19NO.C15H18ClNO.C15H19NO.C14H16ClNO.C14H16FNO.C12H18NO4P.2C10H14N2O.4CH4/c1-13(19)17(18-2)16(14-9-5-3-6-10-14)15-11-7-4-8-12-15;1-10(18)15(2,17-3)9-12-5-4-11-8-13(16)6-7-14(11)12;1-10-5-4-6-14-12(7-8-13(10)14)9-15(16-3)11(2)17;1-9(17)14(16-2)7-11-4-3-10-5-6-12(15)8-13(10)11;1-9(17)14(16-2)8-11-4-3-10-7-12(15)5-6-13(10)11;1-9(14)12(13-2)7-10-3-5-11(6-4-10)8-18(15,16)17;1-8(13)10(11-2)7-9-3-5-12-6-4-9;1-8(13)10(11-2)6-9-4-3-5-12-7-9;;;;/h3-12,16-18H,1-2H3;5-8,17H,4,9H2,1-3H3;4-7,15-16H,8-9H2,1-3H3;4-6,8,14,16H,3,7H2,1-2H3;4-7,14,16H,3,8H2,1-2H3;3-6,12-13H,7-8H2,1-2H3,(H2,15,16,17);3-6,10-11H,7H2,1-2H3;3-5,7,10-11H,6H2,1-2H3;4*1H4/t17-;15-;;;;12-;2*10-;;;;/m10...000..../s1. The highest BCUT2D eigenvalue weighted by atomic mass is 35.5. The second-order valence-electron chi connectivity index (χ2n) is 33.5. The summed E-state index contributed by atoms with van der Waals surface area (Å²) in [7, 11) is 10.4. The fraction of sp³-hybridized carbons (Fsp3) is 0.387. The van der Waals surface area contributed by atoms with Crippen LogP contribution in [0.2, 0.25) is 10.0 Å². The molecular formula is C111H150Cl2FN10O11P. The van der Waals surface area contributed by atoms with Gasteiger partial charge in [0.05, 0.1) is 54.0 Å². The van der Waals surface area contributed by atoms with Crippen molar-refractivity contribution in [1.82, 2.24) is 52.5 Å². The van der Waals surface area contributed by atoms with Crippen molar-refractivity contribution in [3.8, 4) is 0 Å². The molecule has 10 N–H and O–H groups in total. The largest absolute Gasteiger partial charge is 0.329 e. The van der Waals surface area contributed by atoms with Crippen LogP contribution in [0.25, 0.3) is 22.3 Å². The second kappa shape index (κ2) is 61.7. The number of allylic oxidation sites excluding steroid dienone is 4. The van der Waals surface area contributed by atoms with Crippen molar-refractivity contribution in [2.24, 2.45) is 0 Å². The number of halogens is 3. The van der Waals surface area contributed by atoms with Crippen molar-refractivity contribution in [2.45, 2.75) is 229 Å². The van der Waals surface area contributed by atoms with E-state index >= 15 is 0 Å². The Balaban J connectivity index is 0.000000525. The van der Waals surface area contributed by atoms with Gasteiger partial charge in [0.1, 0.15) is 52.1 Å². The number of nitrogens with one attached hydrogen (secondary N) is 8. The van der Waals surface area contributed by atoms with E-state index in [9.17, 15) is 47.3 Å². The molecule has 4 aliphatic carbocycles. The van der Waals surface area contributed by atoms with Gasteiger partial charge in [-0.1, -0.05) is 205 Å². The number of hydrogen-bond acceptors (Lipinski definition) is 19. The molecule has 2 heterocycles. The van der Waals surface area contributed by atoms with E-state index in [-0.39, 0.29) is 136 Å². The van der Waals surface area contributed by atoms with Crippen LogP contribution in [-0.4, -0.2) is 170 Å². The van der Waals surface area contributed by atoms with Crippen molar-refractivity contribution in [2.75, 3.05) is 56.4 Å². The predicted molar refractivity (Wildman–Crippen MR) is 562 cm³/mol. The maximum Gasteiger partial charge on any atom is 0.329 e. The third kappa shape index (κ3) is 39.2. The highest BCUT2D eigenvalue weighted by Gasteiger charge is 2.32. The smallest absolute Gasteiger partial charge is 0.324 e. The minimum atomic E-state index is -4.02. The van der Waals surface area contributed by atoms with Gasteiger partial charge in [0.2, 0.25) is 0 Å². The zero-order chi connectivity index (χ0) is 97.4. The molecule has 9 aromatic rings. The van der Waals surface area contributed by atoms with Crippen LogP contribution in [0.15, 0.2) is 231 Å². The number of Topliss-reactive ketones (excluding diaryl/α,β-unsaturated/α-hetero) is 8. The zero-order valence-corrected chi connectivity index (χ0v) is 82.0. The average Bonchev–Trinajstić information content (AvgIpc) is 1.45. The molecule has 8 atom stereocenters. The quantitative estimate of drug-likeness (QED) is 0.0165. The molecule has 13 rings (SSSR count). The van der Waals surface area contributed by atoms with Crippen LogP contribution in [0.3, 0.4) is 0 Å². The highest BCUT2D eigenvalue weighted by Crippen LogP contribution is 2.40. The first-order valence-electron chi connectivity index (χ1n) is 44.5. The summed E-state index contributed by atoms with van der Waals surface area (Å²) >= 11 is 12.0. The Labute approximate surface area is 820 Å². The molecule has 2 aromatic heterocycles. The number of aryl methyl sites for hydroxylation is 1. The Kier molecular flexibility index (Phi) is 55.1. The molecule has 0 fully saturated rings. The minimum Gasteiger partial charge on any atom is -0.324 e. The summed E-state index contributed by atoms with van der Waals surface area (Å²) in [5.41, 5.74) is 21.6. The van der Waals surface area contributed by atoms with Gasteiger partial charge in [-0.15, -0.1) is 0 Å². The lowest BCUT2D eigenvalue weighted by atomic mass is 9.83. The summed E-state index contributed by atoms with van der Waals surface area (Å²) in [6.07, 6.45) is 24.0. The van der Waals surface area contributed by atoms with E-state index in [2.05, 4.69) is 132 Å². The molecular weight excluding hydrogens is 1770 g/mol. The molecule has 136 heavy (non-hydrogen) atoms. The lowest BCUT2D eigenvalue weighted by Crippen LogP contribution is -2.46. The van der Waals surface area contributed by atoms with Crippen LogP contribution < -0.4 is 42.5 Å². The normalized spacial score (nSPS) is 13.9. The summed E-state index contributed by atoms with van der Waals surface area (Å²) in [5.74, 6) is 1.05. The van der Waals surface area contributed by atoms with Crippen molar-refractivity contribution >= 4 is 99.4 Å². The van der Waals surface area contributed by atoms with Gasteiger partial charge in [0, 0.05) is 40.8 Å². The first kappa shape index (κ1) is 122. The first-order chi connectivity index (χ1) is 62.8. The first-order valence-corrected chi connectivity index (χ1v) is 47.1. The van der Waals surface area contributed by atoms with Gasteiger partial charge in [-0.3, -0.25) is 52.9 Å². The van der Waals surface area contributed by atoms with Gasteiger partial charge in [0.25, 0.3) is 0 Å². The van der Waals surface area contributed by atoms with E-state index in [1.54, 1.807) is 138 Å². The Morgan fingerprint density at radius 2 is 0.801 bits per heavy atom. The van der Waals surface area contributed by atoms with Crippen molar-refractivity contribution in [3.05, 3.63) is 330 Å². The van der Waals surface area contributed by atoms with Gasteiger partial charge in [-0.25, -0.2) is 4.39 Å². The molecule has 0 aliphatic heterocycles. The Bertz CT molecular complexity index is 5360. The number of pyridine rings is 2. The van der Waals surface area contributed by atoms with E-state index in [4.69, 9.17) is 33.0 Å². The summed E-state index contributed by atoms with van der Waals surface area (Å²) in [6.45, 7) is 16.9. The summed E-state index contributed by atoms with van der Waals surface area (Å²) < 4.78 is 23.9. The number of ketones is 8. The third-order valence-electron chi connectivity index (χ3n) is 24.0. The van der Waals surface area contributed by atoms with Gasteiger partial charge in [-0.05, 0) is 357 Å². The van der Waals surface area contributed by atoms with Crippen molar-refractivity contribution in [3.63, 3.8) is 0 Å². The molecule has 0 spiro atoms. The maximum atomic E-state index is 13.1. The molecule has 0 bridgehead atoms. The topological polar surface area (TPSA) is 316 Å². The van der Waals surface area contributed by atoms with E-state index in [1.807, 2.05) is 126 Å². The molecule has 3 unspecified atom stereocenters. The highest BCUT2D eigenvalue weighted by molar-refractivity contribution is 7.50. The Morgan fingerprint density at radius 1 is 0.397 bits per heavy atom. The van der Waals surface area contributed by atoms with Crippen LogP contribution in [0.5, 0.6) is 0 Å². The molecule has 0 saturated carbocycles. The average molecular weight is 1920 g/mol. The van der Waals surface area contributed by atoms with Crippen LogP contribution >= 0.6 is 30.8 Å². The number of carbonyl (C=O) groups excluding carboxylic acids is 8. The van der Waals surface area contributed by atoms with Gasteiger partial charge >= 0.3 is 7.60 Å². The van der Waals surface area contributed by atoms with Crippen LogP contribution in [0.4, 0.5) is 4.39 Å². The maximum absolute atomic E-state index is 13.1. The summed E-state index contributed by atoms with van der Waals surface area (Å²) in [4.78, 5) is 117. The van der Waals surface area contributed by atoms with E-state index in [0.717, 1.165) is 99.5 Å². The summed E-state index contributed by atoms with van der Waals surface area (Å²) in [6, 6.07) is 57.2. The monoisotopic (exact) mass is 1920 g/mol. The number of likely N-dealkylation sites (N-methyl/N-ethyl adjacent to an activating group) is 8. The number of nitrogens with zero attached hydrogens (tertiary/aromatic N) is 2. The number of benzene rings is 7. The number of aromatic nitrogens is 2. The van der Waals surface area contributed by atoms with E-state index < -0.39 is 13.1 Å². The predicted octanol–water partition coefficient (Wildman–Crippen LogP) is 19.1. The van der Waals surface area contributed by atoms with Crippen LogP contribution in [0.1, 0.15) is 207 Å². The van der Waals surface area contributed by atoms with Crippen LogP contribution in [0, 0.1) is 12.7 Å². The SMILES string of the molecule is C.C.C.C.CNC(CC1=CCc2c(C)cccc21)C(C)=O.CNC(CC1=CCc2cc(F)ccc21)C(C)=O.CNC(CC1=CCc2ccc(Cl)cc21)C(C)=O.CN[C@@H](Cc1ccc(CP(=O)(O)O)cc1)C(C)=O.CN[C@@H](Cc1cccnc1)C(C)=O.CN[C@@H](Cc1ccncc1)C(C)=O.CN[C@@](C)(CC1=CCc2cc(Cl)ccc21)C(C)=O.CN[C@H](C(C)=O)C(c1ccccc1)c1ccccc1. The fourth-order valence-corrected chi connectivity index (χ4v) is 16.9. The number of carbonyl (C=O) groups is 8. The van der Waals surface area contributed by atoms with Crippen LogP contribution in [-0.2, 0) is 94.0 Å². The number of hydrogen-bond donors (Lipinski definition) is 10. The zero-order valence-electron chi connectivity index (χ0n) is 79.6. The molecule has 7 aromatic carbocycles. The molecule has 21 nitrogen and oxygen atoms in total. The number of fused-ring (bicyclic) bond motifs is 4. The molecule has 0 saturated heterocycles. The lowest BCUT2D eigenvalue weighted by molar-refractivity contribution is -0.122. The molecule has 4 aliphatic rings. The molecule has 0 radical (unpaired) electrons. The second-order valence-corrected chi connectivity index (χ2v) is 36.0. The van der Waals surface area contributed by atoms with Crippen molar-refractivity contribution in [1.29, 1.82) is 0 Å². The lowest BCUT2D eigenvalue weighted by Gasteiger charge is -2.27. The third-order valence-corrected chi connectivity index (χ3v) is 25.3. The Morgan fingerprint density at radius 3 is 1.24 bits per heavy atom. The molecule has 0 amide bonds. The van der Waals surface area contributed by atoms with E-state index in [1.165, 1.54) is 68.7 Å². The summed E-state index contributed by atoms with van der Waals surface area (Å²) in [5, 5.41) is 25.8. The number of rotatable bonds is 35. The van der Waals surface area contributed by atoms with Gasteiger partial charge in [0.15, 0.2) is 0 Å². The van der Waals surface area contributed by atoms with Gasteiger partial charge < -0.3 is 52.3 Å². The van der Waals surface area contributed by atoms with Gasteiger partial charge in [-0.2, -0.15) is 0 Å². The molecule has 25 heteroatoms.